The van der Waals surface area contributed by atoms with E-state index in [0.717, 1.165) is 6.07 Å². The van der Waals surface area contributed by atoms with Gasteiger partial charge in [0.15, 0.2) is 0 Å². The highest BCUT2D eigenvalue weighted by atomic mass is 19.4. The Kier molecular flexibility index (Phi) is 6.46. The van der Waals surface area contributed by atoms with Gasteiger partial charge in [-0.2, -0.15) is 18.4 Å². The molecule has 116 valence electrons. The van der Waals surface area contributed by atoms with E-state index < -0.39 is 11.7 Å². The first-order valence-corrected chi connectivity index (χ1v) is 6.28. The van der Waals surface area contributed by atoms with Crippen molar-refractivity contribution in [2.24, 2.45) is 0 Å². The first-order valence-electron chi connectivity index (χ1n) is 6.28. The number of methoxy groups -OCH3 is 2. The lowest BCUT2D eigenvalue weighted by Gasteiger charge is -2.25. The van der Waals surface area contributed by atoms with E-state index in [0.29, 0.717) is 32.0 Å². The number of nitriles is 1. The third kappa shape index (κ3) is 4.92. The number of halogens is 3. The molecule has 1 aromatic carbocycles. The van der Waals surface area contributed by atoms with Crippen molar-refractivity contribution in [3.8, 4) is 6.07 Å². The van der Waals surface area contributed by atoms with Crippen molar-refractivity contribution in [3.05, 3.63) is 29.3 Å². The first kappa shape index (κ1) is 17.3. The lowest BCUT2D eigenvalue weighted by Crippen LogP contribution is -2.31. The molecule has 0 atom stereocenters. The van der Waals surface area contributed by atoms with Gasteiger partial charge in [-0.15, -0.1) is 0 Å². The van der Waals surface area contributed by atoms with E-state index >= 15 is 0 Å². The van der Waals surface area contributed by atoms with Crippen LogP contribution in [0.15, 0.2) is 18.2 Å². The molecule has 0 aliphatic heterocycles. The van der Waals surface area contributed by atoms with Gasteiger partial charge in [-0.3, -0.25) is 0 Å². The van der Waals surface area contributed by atoms with Crippen molar-refractivity contribution in [1.82, 2.24) is 0 Å². The molecule has 1 aromatic rings. The fourth-order valence-corrected chi connectivity index (χ4v) is 1.83. The van der Waals surface area contributed by atoms with Gasteiger partial charge >= 0.3 is 6.18 Å². The summed E-state index contributed by atoms with van der Waals surface area (Å²) in [6.07, 6.45) is -4.56. The lowest BCUT2D eigenvalue weighted by atomic mass is 10.1. The summed E-state index contributed by atoms with van der Waals surface area (Å²) in [5.41, 5.74) is -0.928. The van der Waals surface area contributed by atoms with E-state index in [1.54, 1.807) is 11.0 Å². The number of hydrogen-bond donors (Lipinski definition) is 0. The van der Waals surface area contributed by atoms with E-state index in [1.807, 2.05) is 0 Å². The zero-order valence-corrected chi connectivity index (χ0v) is 11.9. The molecule has 4 nitrogen and oxygen atoms in total. The molecule has 0 saturated heterocycles. The zero-order valence-electron chi connectivity index (χ0n) is 11.9. The number of nitrogens with zero attached hydrogens (tertiary/aromatic N) is 2. The smallest absolute Gasteiger partial charge is 0.383 e. The van der Waals surface area contributed by atoms with Crippen LogP contribution in [0, 0.1) is 11.3 Å². The van der Waals surface area contributed by atoms with Crippen molar-refractivity contribution in [1.29, 1.82) is 5.26 Å². The fraction of sp³-hybridized carbons (Fsp3) is 0.500. The quantitative estimate of drug-likeness (QED) is 0.777. The van der Waals surface area contributed by atoms with Gasteiger partial charge in [-0.05, 0) is 18.2 Å². The predicted molar refractivity (Wildman–Crippen MR) is 72.1 cm³/mol. The second kappa shape index (κ2) is 7.86. The second-order valence-corrected chi connectivity index (χ2v) is 4.31. The van der Waals surface area contributed by atoms with Crippen LogP contribution in [0.3, 0.4) is 0 Å². The van der Waals surface area contributed by atoms with E-state index in [2.05, 4.69) is 0 Å². The summed E-state index contributed by atoms with van der Waals surface area (Å²) in [6.45, 7) is 1.63. The van der Waals surface area contributed by atoms with Crippen LogP contribution in [-0.4, -0.2) is 40.5 Å². The average Bonchev–Trinajstić information content (AvgIpc) is 2.46. The van der Waals surface area contributed by atoms with Gasteiger partial charge in [0, 0.05) is 33.0 Å². The Morgan fingerprint density at radius 3 is 2.14 bits per heavy atom. The van der Waals surface area contributed by atoms with Crippen molar-refractivity contribution in [2.45, 2.75) is 6.18 Å². The Hall–Kier alpha value is -1.78. The second-order valence-electron chi connectivity index (χ2n) is 4.31. The minimum atomic E-state index is -4.56. The van der Waals surface area contributed by atoms with Crippen molar-refractivity contribution < 1.29 is 22.6 Å². The van der Waals surface area contributed by atoms with Crippen molar-refractivity contribution in [3.63, 3.8) is 0 Å². The van der Waals surface area contributed by atoms with Crippen LogP contribution in [0.4, 0.5) is 18.9 Å². The first-order chi connectivity index (χ1) is 9.93. The van der Waals surface area contributed by atoms with Crippen LogP contribution in [-0.2, 0) is 15.7 Å². The number of hydrogen-bond acceptors (Lipinski definition) is 4. The molecule has 0 fully saturated rings. The molecule has 0 N–H and O–H groups in total. The van der Waals surface area contributed by atoms with Crippen LogP contribution < -0.4 is 4.90 Å². The van der Waals surface area contributed by atoms with Gasteiger partial charge in [0.25, 0.3) is 0 Å². The molecule has 0 spiro atoms. The monoisotopic (exact) mass is 302 g/mol. The number of rotatable bonds is 7. The Bertz CT molecular complexity index is 490. The highest BCUT2D eigenvalue weighted by Crippen LogP contribution is 2.34. The highest BCUT2D eigenvalue weighted by Gasteiger charge is 2.34. The summed E-state index contributed by atoms with van der Waals surface area (Å²) >= 11 is 0. The zero-order chi connectivity index (χ0) is 15.9. The predicted octanol–water partition coefficient (Wildman–Crippen LogP) is 2.68. The van der Waals surface area contributed by atoms with Gasteiger partial charge in [0.2, 0.25) is 0 Å². The van der Waals surface area contributed by atoms with E-state index in [1.165, 1.54) is 26.4 Å². The average molecular weight is 302 g/mol. The lowest BCUT2D eigenvalue weighted by molar-refractivity contribution is -0.137. The summed E-state index contributed by atoms with van der Waals surface area (Å²) in [5, 5.41) is 8.79. The molecule has 0 heterocycles. The number of alkyl halides is 3. The van der Waals surface area contributed by atoms with Crippen LogP contribution in [0.25, 0.3) is 0 Å². The Morgan fingerprint density at radius 1 is 1.14 bits per heavy atom. The summed E-state index contributed by atoms with van der Waals surface area (Å²) in [5.74, 6) is 0. The molecular formula is C14H17F3N2O2. The Balaban J connectivity index is 3.11. The molecule has 0 unspecified atom stereocenters. The molecule has 0 radical (unpaired) electrons. The molecule has 0 aliphatic carbocycles. The minimum absolute atomic E-state index is 0.380. The van der Waals surface area contributed by atoms with Crippen molar-refractivity contribution in [2.75, 3.05) is 45.4 Å². The van der Waals surface area contributed by atoms with Gasteiger partial charge in [0.05, 0.1) is 30.4 Å². The summed E-state index contributed by atoms with van der Waals surface area (Å²) in [4.78, 5) is 1.73. The molecule has 0 aliphatic rings. The van der Waals surface area contributed by atoms with Gasteiger partial charge in [-0.1, -0.05) is 0 Å². The van der Waals surface area contributed by atoms with Gasteiger partial charge in [-0.25, -0.2) is 0 Å². The third-order valence-electron chi connectivity index (χ3n) is 2.92. The number of anilines is 1. The minimum Gasteiger partial charge on any atom is -0.383 e. The summed E-state index contributed by atoms with van der Waals surface area (Å²) in [7, 11) is 3.04. The molecule has 7 heteroatoms. The molecule has 1 rings (SSSR count). The molecule has 21 heavy (non-hydrogen) atoms. The fourth-order valence-electron chi connectivity index (χ4n) is 1.83. The SMILES string of the molecule is COCCN(CCOC)c1ccc(C#N)c(C(F)(F)F)c1. The number of benzene rings is 1. The summed E-state index contributed by atoms with van der Waals surface area (Å²) < 4.78 is 48.8. The van der Waals surface area contributed by atoms with Crippen LogP contribution >= 0.6 is 0 Å². The maximum atomic E-state index is 13.0. The molecule has 0 aromatic heterocycles. The maximum Gasteiger partial charge on any atom is 0.417 e. The highest BCUT2D eigenvalue weighted by molar-refractivity contribution is 5.54. The molecule has 0 bridgehead atoms. The van der Waals surface area contributed by atoms with Crippen LogP contribution in [0.5, 0.6) is 0 Å². The summed E-state index contributed by atoms with van der Waals surface area (Å²) in [6, 6.07) is 5.24. The maximum absolute atomic E-state index is 13.0. The molecule has 0 saturated carbocycles. The van der Waals surface area contributed by atoms with E-state index in [-0.39, 0.29) is 5.56 Å². The van der Waals surface area contributed by atoms with E-state index in [9.17, 15) is 13.2 Å². The largest absolute Gasteiger partial charge is 0.417 e. The molecule has 0 amide bonds. The Labute approximate surface area is 121 Å². The van der Waals surface area contributed by atoms with E-state index in [4.69, 9.17) is 14.7 Å². The van der Waals surface area contributed by atoms with Gasteiger partial charge in [0.1, 0.15) is 0 Å². The van der Waals surface area contributed by atoms with Crippen LogP contribution in [0.2, 0.25) is 0 Å². The van der Waals surface area contributed by atoms with Crippen LogP contribution in [0.1, 0.15) is 11.1 Å². The topological polar surface area (TPSA) is 45.5 Å². The molecular weight excluding hydrogens is 285 g/mol. The third-order valence-corrected chi connectivity index (χ3v) is 2.92. The number of ether oxygens (including phenoxy) is 2. The van der Waals surface area contributed by atoms with Gasteiger partial charge < -0.3 is 14.4 Å². The van der Waals surface area contributed by atoms with Crippen molar-refractivity contribution >= 4 is 5.69 Å². The Morgan fingerprint density at radius 2 is 1.71 bits per heavy atom. The standard InChI is InChI=1S/C14H17F3N2O2/c1-20-7-5-19(6-8-21-2)12-4-3-11(10-18)13(9-12)14(15,16)17/h3-4,9H,5-8H2,1-2H3. The normalized spacial score (nSPS) is 11.2.